The monoisotopic (exact) mass is 293 g/mol. The van der Waals surface area contributed by atoms with E-state index in [1.807, 2.05) is 17.0 Å². The van der Waals surface area contributed by atoms with Crippen molar-refractivity contribution >= 4 is 34.8 Å². The number of halogens is 2. The van der Waals surface area contributed by atoms with E-state index in [4.69, 9.17) is 23.2 Å². The largest absolute Gasteiger partial charge is 0.312 e. The summed E-state index contributed by atoms with van der Waals surface area (Å²) in [6.45, 7) is 0.797. The van der Waals surface area contributed by atoms with Gasteiger partial charge < -0.3 is 4.90 Å². The Morgan fingerprint density at radius 2 is 1.74 bits per heavy atom. The summed E-state index contributed by atoms with van der Waals surface area (Å²) in [6.07, 6.45) is 5.66. The molecule has 0 N–H and O–H groups in total. The molecular formula is C15H13Cl2NO. The van der Waals surface area contributed by atoms with E-state index in [0.29, 0.717) is 27.8 Å². The minimum absolute atomic E-state index is 0.174. The lowest BCUT2D eigenvalue weighted by Gasteiger charge is -2.19. The number of nitrogens with zero attached hydrogens (tertiary/aromatic N) is 1. The van der Waals surface area contributed by atoms with Crippen LogP contribution in [0, 0.1) is 23.7 Å². The fraction of sp³-hybridized carbons (Fsp3) is 0.400. The molecule has 4 atom stereocenters. The van der Waals surface area contributed by atoms with E-state index in [2.05, 4.69) is 12.2 Å². The minimum atomic E-state index is 0.174. The van der Waals surface area contributed by atoms with Gasteiger partial charge in [-0.3, -0.25) is 4.79 Å². The summed E-state index contributed by atoms with van der Waals surface area (Å²) >= 11 is 12.1. The molecule has 2 fully saturated rings. The third kappa shape index (κ3) is 1.66. The molecule has 4 rings (SSSR count). The highest BCUT2D eigenvalue weighted by Gasteiger charge is 2.54. The van der Waals surface area contributed by atoms with Gasteiger partial charge >= 0.3 is 0 Å². The summed E-state index contributed by atoms with van der Waals surface area (Å²) in [5.41, 5.74) is 0.830. The number of allylic oxidation sites excluding steroid dienone is 2. The van der Waals surface area contributed by atoms with Crippen LogP contribution in [0.5, 0.6) is 0 Å². The topological polar surface area (TPSA) is 20.3 Å². The smallest absolute Gasteiger partial charge is 0.231 e. The van der Waals surface area contributed by atoms with Crippen LogP contribution in [0.2, 0.25) is 10.0 Å². The number of benzene rings is 1. The van der Waals surface area contributed by atoms with Crippen molar-refractivity contribution in [1.82, 2.24) is 0 Å². The Morgan fingerprint density at radius 3 is 2.42 bits per heavy atom. The van der Waals surface area contributed by atoms with Gasteiger partial charge in [0, 0.05) is 28.2 Å². The molecule has 0 radical (unpaired) electrons. The van der Waals surface area contributed by atoms with Gasteiger partial charge in [-0.05, 0) is 42.4 Å². The molecule has 2 unspecified atom stereocenters. The molecular weight excluding hydrogens is 281 g/mol. The van der Waals surface area contributed by atoms with Gasteiger partial charge in [-0.15, -0.1) is 0 Å². The molecule has 2 aliphatic carbocycles. The Bertz CT molecular complexity index is 578. The second-order valence-electron chi connectivity index (χ2n) is 5.71. The number of anilines is 1. The highest BCUT2D eigenvalue weighted by molar-refractivity contribution is 6.35. The van der Waals surface area contributed by atoms with Gasteiger partial charge in [-0.2, -0.15) is 0 Å². The van der Waals surface area contributed by atoms with E-state index >= 15 is 0 Å². The Balaban J connectivity index is 1.70. The first-order valence-electron chi connectivity index (χ1n) is 6.59. The van der Waals surface area contributed by atoms with E-state index in [0.717, 1.165) is 18.7 Å². The van der Waals surface area contributed by atoms with Gasteiger partial charge in [0.1, 0.15) is 0 Å². The molecule has 19 heavy (non-hydrogen) atoms. The molecule has 1 aliphatic heterocycles. The molecule has 1 heterocycles. The third-order valence-electron chi connectivity index (χ3n) is 4.73. The second kappa shape index (κ2) is 4.00. The van der Waals surface area contributed by atoms with Gasteiger partial charge in [-0.1, -0.05) is 35.4 Å². The van der Waals surface area contributed by atoms with Crippen LogP contribution < -0.4 is 4.90 Å². The first-order chi connectivity index (χ1) is 9.13. The number of carbonyl (C=O) groups is 1. The molecule has 0 aromatic heterocycles. The number of amides is 1. The Kier molecular flexibility index (Phi) is 2.49. The Hall–Kier alpha value is -0.990. The summed E-state index contributed by atoms with van der Waals surface area (Å²) in [5.74, 6) is 1.91. The maximum atomic E-state index is 12.6. The predicted molar refractivity (Wildman–Crippen MR) is 76.5 cm³/mol. The van der Waals surface area contributed by atoms with Crippen molar-refractivity contribution in [2.24, 2.45) is 23.7 Å². The molecule has 2 nitrogen and oxygen atoms in total. The average molecular weight is 294 g/mol. The molecule has 1 aromatic carbocycles. The molecule has 1 saturated heterocycles. The Labute approximate surface area is 122 Å². The van der Waals surface area contributed by atoms with E-state index in [1.54, 1.807) is 6.07 Å². The normalized spacial score (nSPS) is 35.3. The maximum absolute atomic E-state index is 12.6. The van der Waals surface area contributed by atoms with Gasteiger partial charge in [-0.25, -0.2) is 0 Å². The summed E-state index contributed by atoms with van der Waals surface area (Å²) in [4.78, 5) is 14.5. The summed E-state index contributed by atoms with van der Waals surface area (Å²) in [7, 11) is 0. The number of fused-ring (bicyclic) bond motifs is 5. The van der Waals surface area contributed by atoms with Crippen molar-refractivity contribution in [2.45, 2.75) is 6.42 Å². The minimum Gasteiger partial charge on any atom is -0.312 e. The van der Waals surface area contributed by atoms with E-state index in [9.17, 15) is 4.79 Å². The van der Waals surface area contributed by atoms with Gasteiger partial charge in [0.25, 0.3) is 0 Å². The van der Waals surface area contributed by atoms with Gasteiger partial charge in [0.2, 0.25) is 5.91 Å². The van der Waals surface area contributed by atoms with Crippen LogP contribution in [0.1, 0.15) is 6.42 Å². The van der Waals surface area contributed by atoms with Crippen molar-refractivity contribution in [3.8, 4) is 0 Å². The van der Waals surface area contributed by atoms with Crippen LogP contribution in [0.3, 0.4) is 0 Å². The number of rotatable bonds is 1. The lowest BCUT2D eigenvalue weighted by atomic mass is 9.86. The quantitative estimate of drug-likeness (QED) is 0.722. The first kappa shape index (κ1) is 11.8. The van der Waals surface area contributed by atoms with E-state index < -0.39 is 0 Å². The van der Waals surface area contributed by atoms with Gasteiger partial charge in [0.15, 0.2) is 0 Å². The molecule has 3 aliphatic rings. The summed E-state index contributed by atoms with van der Waals surface area (Å²) < 4.78 is 0. The predicted octanol–water partition coefficient (Wildman–Crippen LogP) is 3.78. The fourth-order valence-corrected chi connectivity index (χ4v) is 4.46. The number of hydrogen-bond acceptors (Lipinski definition) is 1. The van der Waals surface area contributed by atoms with Crippen LogP contribution in [0.25, 0.3) is 0 Å². The van der Waals surface area contributed by atoms with Crippen molar-refractivity contribution in [3.63, 3.8) is 0 Å². The summed E-state index contributed by atoms with van der Waals surface area (Å²) in [5, 5.41) is 1.15. The van der Waals surface area contributed by atoms with Crippen LogP contribution in [-0.4, -0.2) is 12.5 Å². The lowest BCUT2D eigenvalue weighted by molar-refractivity contribution is -0.121. The molecule has 98 valence electrons. The molecule has 1 saturated carbocycles. The van der Waals surface area contributed by atoms with Crippen LogP contribution in [0.4, 0.5) is 5.69 Å². The molecule has 1 aromatic rings. The van der Waals surface area contributed by atoms with Crippen LogP contribution in [0.15, 0.2) is 30.4 Å². The lowest BCUT2D eigenvalue weighted by Crippen LogP contribution is -2.29. The number of hydrogen-bond donors (Lipinski definition) is 0. The molecule has 4 heteroatoms. The zero-order chi connectivity index (χ0) is 13.1. The number of carbonyl (C=O) groups excluding carboxylic acids is 1. The van der Waals surface area contributed by atoms with E-state index in [-0.39, 0.29) is 11.8 Å². The fourth-order valence-electron chi connectivity index (χ4n) is 3.95. The van der Waals surface area contributed by atoms with Crippen LogP contribution >= 0.6 is 23.2 Å². The zero-order valence-corrected chi connectivity index (χ0v) is 11.7. The van der Waals surface area contributed by atoms with Gasteiger partial charge in [0.05, 0.1) is 0 Å². The zero-order valence-electron chi connectivity index (χ0n) is 10.2. The summed E-state index contributed by atoms with van der Waals surface area (Å²) in [6, 6.07) is 5.34. The maximum Gasteiger partial charge on any atom is 0.231 e. The SMILES string of the molecule is O=C1[C@H]2C3C=CC(C3)[C@H]2CN1c1cc(Cl)cc(Cl)c1. The van der Waals surface area contributed by atoms with Crippen molar-refractivity contribution in [2.75, 3.05) is 11.4 Å². The first-order valence-corrected chi connectivity index (χ1v) is 7.35. The second-order valence-corrected chi connectivity index (χ2v) is 6.59. The van der Waals surface area contributed by atoms with E-state index in [1.165, 1.54) is 0 Å². The van der Waals surface area contributed by atoms with Crippen LogP contribution in [-0.2, 0) is 4.79 Å². The Morgan fingerprint density at radius 1 is 1.05 bits per heavy atom. The van der Waals surface area contributed by atoms with Crippen molar-refractivity contribution in [3.05, 3.63) is 40.4 Å². The highest BCUT2D eigenvalue weighted by Crippen LogP contribution is 2.52. The third-order valence-corrected chi connectivity index (χ3v) is 5.16. The average Bonchev–Trinajstić information content (AvgIpc) is 3.00. The van der Waals surface area contributed by atoms with Crippen molar-refractivity contribution < 1.29 is 4.79 Å². The molecule has 2 bridgehead atoms. The van der Waals surface area contributed by atoms with Crippen molar-refractivity contribution in [1.29, 1.82) is 0 Å². The standard InChI is InChI=1S/C15H13Cl2NO/c16-10-4-11(17)6-12(5-10)18-7-13-8-1-2-9(3-8)14(13)15(18)19/h1-2,4-6,8-9,13-14H,3,7H2/t8?,9?,13-,14+/m1/s1. The highest BCUT2D eigenvalue weighted by atomic mass is 35.5. The molecule has 0 spiro atoms. The molecule has 1 amide bonds.